The first-order valence-electron chi connectivity index (χ1n) is 5.43. The van der Waals surface area contributed by atoms with Gasteiger partial charge in [-0.15, -0.1) is 0 Å². The van der Waals surface area contributed by atoms with E-state index >= 15 is 0 Å². The zero-order chi connectivity index (χ0) is 12.8. The predicted molar refractivity (Wildman–Crippen MR) is 64.0 cm³/mol. The quantitative estimate of drug-likeness (QED) is 0.806. The van der Waals surface area contributed by atoms with Crippen LogP contribution in [0.5, 0.6) is 5.75 Å². The van der Waals surface area contributed by atoms with Gasteiger partial charge in [0, 0.05) is 6.07 Å². The number of rotatable bonds is 2. The molecule has 4 nitrogen and oxygen atoms in total. The van der Waals surface area contributed by atoms with Crippen LogP contribution in [-0.2, 0) is 0 Å². The number of halogens is 1. The summed E-state index contributed by atoms with van der Waals surface area (Å²) < 4.78 is 18.3. The number of aryl methyl sites for hydroxylation is 1. The van der Waals surface area contributed by atoms with Crippen LogP contribution in [0.2, 0.25) is 0 Å². The van der Waals surface area contributed by atoms with Crippen molar-refractivity contribution in [3.8, 4) is 11.4 Å². The lowest BCUT2D eigenvalue weighted by Crippen LogP contribution is -2.02. The predicted octanol–water partition coefficient (Wildman–Crippen LogP) is 2.75. The number of hydrogen-bond donors (Lipinski definition) is 0. The Morgan fingerprint density at radius 2 is 1.76 bits per heavy atom. The summed E-state index contributed by atoms with van der Waals surface area (Å²) in [6.07, 6.45) is 3.09. The number of ether oxygens (including phenoxy) is 1. The zero-order valence-electron chi connectivity index (χ0n) is 10.4. The minimum absolute atomic E-state index is 0.225. The van der Waals surface area contributed by atoms with E-state index in [4.69, 9.17) is 4.74 Å². The van der Waals surface area contributed by atoms with Crippen molar-refractivity contribution in [2.24, 2.45) is 0 Å². The molecule has 92 valence electrons. The SMILES string of the molecule is CC.COc1cc(C)c(-n2nccn2)cc1F. The van der Waals surface area contributed by atoms with Gasteiger partial charge in [-0.1, -0.05) is 13.8 Å². The fraction of sp³-hybridized carbons (Fsp3) is 0.333. The smallest absolute Gasteiger partial charge is 0.167 e. The molecule has 0 spiro atoms. The summed E-state index contributed by atoms with van der Waals surface area (Å²) in [7, 11) is 1.43. The third-order valence-corrected chi connectivity index (χ3v) is 2.10. The van der Waals surface area contributed by atoms with E-state index in [1.165, 1.54) is 18.0 Å². The standard InChI is InChI=1S/C10H10FN3O.C2H6/c1-7-5-10(15-2)8(11)6-9(7)14-12-3-4-13-14;1-2/h3-6H,1-2H3;1-2H3. The molecule has 0 atom stereocenters. The lowest BCUT2D eigenvalue weighted by molar-refractivity contribution is 0.386. The van der Waals surface area contributed by atoms with Crippen LogP contribution in [0, 0.1) is 12.7 Å². The molecule has 0 aliphatic rings. The molecule has 5 heteroatoms. The Balaban J connectivity index is 0.000000686. The van der Waals surface area contributed by atoms with Crippen molar-refractivity contribution in [2.45, 2.75) is 20.8 Å². The Bertz CT molecular complexity index is 469. The van der Waals surface area contributed by atoms with E-state index in [9.17, 15) is 4.39 Å². The lowest BCUT2D eigenvalue weighted by atomic mass is 10.2. The van der Waals surface area contributed by atoms with Gasteiger partial charge in [0.25, 0.3) is 0 Å². The molecule has 17 heavy (non-hydrogen) atoms. The monoisotopic (exact) mass is 237 g/mol. The van der Waals surface area contributed by atoms with Crippen molar-refractivity contribution in [1.82, 2.24) is 15.0 Å². The average molecular weight is 237 g/mol. The van der Waals surface area contributed by atoms with Gasteiger partial charge in [0.05, 0.1) is 25.2 Å². The van der Waals surface area contributed by atoms with Crippen molar-refractivity contribution < 1.29 is 9.13 Å². The Morgan fingerprint density at radius 3 is 2.29 bits per heavy atom. The number of aromatic nitrogens is 3. The van der Waals surface area contributed by atoms with Crippen LogP contribution < -0.4 is 4.74 Å². The summed E-state index contributed by atoms with van der Waals surface area (Å²) in [5.41, 5.74) is 1.46. The van der Waals surface area contributed by atoms with Crippen LogP contribution in [0.4, 0.5) is 4.39 Å². The van der Waals surface area contributed by atoms with Gasteiger partial charge in [-0.05, 0) is 18.6 Å². The lowest BCUT2D eigenvalue weighted by Gasteiger charge is -2.07. The summed E-state index contributed by atoms with van der Waals surface area (Å²) >= 11 is 0. The Morgan fingerprint density at radius 1 is 1.18 bits per heavy atom. The van der Waals surface area contributed by atoms with E-state index in [1.807, 2.05) is 20.8 Å². The molecule has 1 aromatic heterocycles. The summed E-state index contributed by atoms with van der Waals surface area (Å²) in [6.45, 7) is 5.85. The van der Waals surface area contributed by atoms with Gasteiger partial charge in [0.1, 0.15) is 0 Å². The van der Waals surface area contributed by atoms with Crippen molar-refractivity contribution in [1.29, 1.82) is 0 Å². The molecule has 0 aliphatic carbocycles. The molecular weight excluding hydrogens is 221 g/mol. The van der Waals surface area contributed by atoms with Crippen molar-refractivity contribution in [3.05, 3.63) is 35.9 Å². The van der Waals surface area contributed by atoms with Gasteiger partial charge in [-0.25, -0.2) is 4.39 Å². The minimum Gasteiger partial charge on any atom is -0.494 e. The Hall–Kier alpha value is -1.91. The fourth-order valence-corrected chi connectivity index (χ4v) is 1.36. The second-order valence-corrected chi connectivity index (χ2v) is 3.09. The van der Waals surface area contributed by atoms with Gasteiger partial charge in [0.15, 0.2) is 11.6 Å². The summed E-state index contributed by atoms with van der Waals surface area (Å²) in [5.74, 6) is -0.196. The third-order valence-electron chi connectivity index (χ3n) is 2.10. The highest BCUT2D eigenvalue weighted by atomic mass is 19.1. The van der Waals surface area contributed by atoms with Crippen molar-refractivity contribution in [3.63, 3.8) is 0 Å². The number of nitrogens with zero attached hydrogens (tertiary/aromatic N) is 3. The minimum atomic E-state index is -0.421. The maximum Gasteiger partial charge on any atom is 0.167 e. The summed E-state index contributed by atoms with van der Waals surface area (Å²) in [4.78, 5) is 1.37. The molecule has 0 unspecified atom stereocenters. The van der Waals surface area contributed by atoms with Gasteiger partial charge < -0.3 is 4.74 Å². The van der Waals surface area contributed by atoms with Crippen LogP contribution in [0.1, 0.15) is 19.4 Å². The van der Waals surface area contributed by atoms with E-state index < -0.39 is 5.82 Å². The van der Waals surface area contributed by atoms with Gasteiger partial charge in [-0.2, -0.15) is 15.0 Å². The van der Waals surface area contributed by atoms with E-state index in [0.29, 0.717) is 5.69 Å². The molecule has 0 aliphatic heterocycles. The highest BCUT2D eigenvalue weighted by Gasteiger charge is 2.09. The van der Waals surface area contributed by atoms with Crippen molar-refractivity contribution >= 4 is 0 Å². The highest BCUT2D eigenvalue weighted by molar-refractivity contribution is 5.44. The second-order valence-electron chi connectivity index (χ2n) is 3.09. The fourth-order valence-electron chi connectivity index (χ4n) is 1.36. The number of hydrogen-bond acceptors (Lipinski definition) is 3. The number of benzene rings is 1. The molecular formula is C12H16FN3O. The molecule has 0 saturated carbocycles. The molecule has 2 rings (SSSR count). The molecule has 0 amide bonds. The molecule has 2 aromatic rings. The maximum atomic E-state index is 13.4. The van der Waals surface area contributed by atoms with Crippen LogP contribution in [0.15, 0.2) is 24.5 Å². The van der Waals surface area contributed by atoms with E-state index in [2.05, 4.69) is 10.2 Å². The first-order valence-corrected chi connectivity index (χ1v) is 5.43. The van der Waals surface area contributed by atoms with Gasteiger partial charge in [0.2, 0.25) is 0 Å². The zero-order valence-corrected chi connectivity index (χ0v) is 10.4. The molecule has 1 heterocycles. The first kappa shape index (κ1) is 13.2. The summed E-state index contributed by atoms with van der Waals surface area (Å²) in [5, 5.41) is 7.88. The van der Waals surface area contributed by atoms with Crippen LogP contribution in [0.3, 0.4) is 0 Å². The average Bonchev–Trinajstić information content (AvgIpc) is 2.87. The largest absolute Gasteiger partial charge is 0.494 e. The van der Waals surface area contributed by atoms with E-state index in [0.717, 1.165) is 5.56 Å². The number of methoxy groups -OCH3 is 1. The molecule has 0 fully saturated rings. The molecule has 0 radical (unpaired) electrons. The molecule has 1 aromatic carbocycles. The normalized spacial score (nSPS) is 9.47. The molecule has 0 N–H and O–H groups in total. The highest BCUT2D eigenvalue weighted by Crippen LogP contribution is 2.23. The van der Waals surface area contributed by atoms with Crippen LogP contribution in [0.25, 0.3) is 5.69 Å². The van der Waals surface area contributed by atoms with Crippen molar-refractivity contribution in [2.75, 3.05) is 7.11 Å². The van der Waals surface area contributed by atoms with Crippen LogP contribution >= 0.6 is 0 Å². The molecule has 0 saturated heterocycles. The molecule has 0 bridgehead atoms. The van der Waals surface area contributed by atoms with Crippen LogP contribution in [-0.4, -0.2) is 22.1 Å². The van der Waals surface area contributed by atoms with E-state index in [-0.39, 0.29) is 5.75 Å². The maximum absolute atomic E-state index is 13.4. The Labute approximate surface area is 100 Å². The summed E-state index contributed by atoms with van der Waals surface area (Å²) in [6, 6.07) is 2.97. The van der Waals surface area contributed by atoms with Gasteiger partial charge in [-0.3, -0.25) is 0 Å². The van der Waals surface area contributed by atoms with E-state index in [1.54, 1.807) is 18.5 Å². The topological polar surface area (TPSA) is 39.9 Å². The second kappa shape index (κ2) is 5.98. The van der Waals surface area contributed by atoms with Gasteiger partial charge >= 0.3 is 0 Å². The Kier molecular flexibility index (Phi) is 4.63. The third kappa shape index (κ3) is 2.81. The first-order chi connectivity index (χ1) is 8.22.